The predicted octanol–water partition coefficient (Wildman–Crippen LogP) is 4.25. The monoisotopic (exact) mass is 340 g/mol. The Morgan fingerprint density at radius 1 is 1.37 bits per heavy atom. The van der Waals surface area contributed by atoms with Crippen molar-refractivity contribution in [3.8, 4) is 0 Å². The number of aromatic nitrogens is 1. The van der Waals surface area contributed by atoms with Crippen molar-refractivity contribution in [2.24, 2.45) is 0 Å². The van der Waals surface area contributed by atoms with Crippen molar-refractivity contribution in [2.75, 3.05) is 5.32 Å². The number of halogens is 2. The Balaban J connectivity index is 1.89. The number of benzene rings is 1. The zero-order valence-electron chi connectivity index (χ0n) is 9.77. The summed E-state index contributed by atoms with van der Waals surface area (Å²) in [7, 11) is 0. The van der Waals surface area contributed by atoms with Gasteiger partial charge in [0.25, 0.3) is 0 Å². The summed E-state index contributed by atoms with van der Waals surface area (Å²) in [5.41, 5.74) is 1.43. The highest BCUT2D eigenvalue weighted by molar-refractivity contribution is 9.10. The summed E-state index contributed by atoms with van der Waals surface area (Å²) in [4.78, 5) is 15.5. The topological polar surface area (TPSA) is 51.2 Å². The van der Waals surface area contributed by atoms with Crippen LogP contribution in [0, 0.1) is 0 Å². The van der Waals surface area contributed by atoms with E-state index in [1.54, 1.807) is 6.07 Å². The number of nitrogens with zero attached hydrogens (tertiary/aromatic N) is 1. The summed E-state index contributed by atoms with van der Waals surface area (Å²) in [5.74, 6) is 0. The van der Waals surface area contributed by atoms with E-state index in [2.05, 4.69) is 26.2 Å². The lowest BCUT2D eigenvalue weighted by molar-refractivity contribution is 0.155. The van der Waals surface area contributed by atoms with Crippen LogP contribution in [0.15, 0.2) is 47.1 Å². The van der Waals surface area contributed by atoms with E-state index in [1.807, 2.05) is 30.3 Å². The Kier molecular flexibility index (Phi) is 4.76. The van der Waals surface area contributed by atoms with Gasteiger partial charge in [0.05, 0.1) is 16.4 Å². The van der Waals surface area contributed by atoms with E-state index < -0.39 is 6.09 Å². The van der Waals surface area contributed by atoms with Crippen LogP contribution in [-0.4, -0.2) is 11.1 Å². The fourth-order valence-corrected chi connectivity index (χ4v) is 1.82. The minimum atomic E-state index is -0.542. The standard InChI is InChI=1S/C13H10BrClN2O2/c14-11-6-10(7-16-12(11)15)17-13(18)19-8-9-4-2-1-3-5-9/h1-7H,8H2,(H,17,18). The van der Waals surface area contributed by atoms with Gasteiger partial charge < -0.3 is 4.74 Å². The first-order valence-electron chi connectivity index (χ1n) is 5.44. The predicted molar refractivity (Wildman–Crippen MR) is 77.2 cm³/mol. The third-order valence-corrected chi connectivity index (χ3v) is 3.39. The van der Waals surface area contributed by atoms with Crippen LogP contribution >= 0.6 is 27.5 Å². The molecule has 1 N–H and O–H groups in total. The van der Waals surface area contributed by atoms with Gasteiger partial charge in [-0.05, 0) is 27.6 Å². The SMILES string of the molecule is O=C(Nc1cnc(Cl)c(Br)c1)OCc1ccccc1. The molecule has 19 heavy (non-hydrogen) atoms. The molecule has 0 saturated carbocycles. The molecule has 0 spiro atoms. The second kappa shape index (κ2) is 6.54. The summed E-state index contributed by atoms with van der Waals surface area (Å²) in [6, 6.07) is 11.1. The van der Waals surface area contributed by atoms with Crippen LogP contribution in [0.25, 0.3) is 0 Å². The average Bonchev–Trinajstić information content (AvgIpc) is 2.42. The number of nitrogens with one attached hydrogen (secondary N) is 1. The lowest BCUT2D eigenvalue weighted by Crippen LogP contribution is -2.13. The van der Waals surface area contributed by atoms with Crippen molar-refractivity contribution < 1.29 is 9.53 Å². The number of rotatable bonds is 3. The summed E-state index contributed by atoms with van der Waals surface area (Å²) in [6.07, 6.45) is 0.913. The number of pyridine rings is 1. The highest BCUT2D eigenvalue weighted by Crippen LogP contribution is 2.22. The molecule has 0 aliphatic carbocycles. The number of anilines is 1. The van der Waals surface area contributed by atoms with Crippen molar-refractivity contribution in [1.29, 1.82) is 0 Å². The summed E-state index contributed by atoms with van der Waals surface area (Å²) in [6.45, 7) is 0.217. The van der Waals surface area contributed by atoms with Crippen LogP contribution in [0.1, 0.15) is 5.56 Å². The van der Waals surface area contributed by atoms with E-state index in [0.29, 0.717) is 15.3 Å². The van der Waals surface area contributed by atoms with Crippen molar-refractivity contribution >= 4 is 39.3 Å². The van der Waals surface area contributed by atoms with Crippen molar-refractivity contribution in [2.45, 2.75) is 6.61 Å². The van der Waals surface area contributed by atoms with Crippen LogP contribution < -0.4 is 5.32 Å². The Morgan fingerprint density at radius 2 is 2.11 bits per heavy atom. The highest BCUT2D eigenvalue weighted by Gasteiger charge is 2.06. The van der Waals surface area contributed by atoms with Crippen LogP contribution in [0.5, 0.6) is 0 Å². The third kappa shape index (κ3) is 4.22. The lowest BCUT2D eigenvalue weighted by Gasteiger charge is -2.07. The molecule has 0 fully saturated rings. The van der Waals surface area contributed by atoms with Gasteiger partial charge in [-0.1, -0.05) is 41.9 Å². The molecule has 0 aliphatic rings. The largest absolute Gasteiger partial charge is 0.444 e. The normalized spacial score (nSPS) is 10.0. The molecule has 0 saturated heterocycles. The number of hydrogen-bond donors (Lipinski definition) is 1. The van der Waals surface area contributed by atoms with Crippen molar-refractivity contribution in [3.05, 3.63) is 57.8 Å². The number of carbonyl (C=O) groups excluding carboxylic acids is 1. The maximum Gasteiger partial charge on any atom is 0.412 e. The molecule has 0 unspecified atom stereocenters. The maximum atomic E-state index is 11.6. The third-order valence-electron chi connectivity index (χ3n) is 2.26. The summed E-state index contributed by atoms with van der Waals surface area (Å²) in [5, 5.41) is 2.90. The zero-order chi connectivity index (χ0) is 13.7. The molecule has 0 radical (unpaired) electrons. The van der Waals surface area contributed by atoms with E-state index in [-0.39, 0.29) is 6.61 Å². The first kappa shape index (κ1) is 13.8. The number of hydrogen-bond acceptors (Lipinski definition) is 3. The van der Waals surface area contributed by atoms with Gasteiger partial charge >= 0.3 is 6.09 Å². The smallest absolute Gasteiger partial charge is 0.412 e. The molecule has 1 aromatic heterocycles. The molecule has 0 bridgehead atoms. The van der Waals surface area contributed by atoms with Gasteiger partial charge in [-0.15, -0.1) is 0 Å². The van der Waals surface area contributed by atoms with Gasteiger partial charge in [0.1, 0.15) is 11.8 Å². The van der Waals surface area contributed by atoms with E-state index >= 15 is 0 Å². The Bertz CT molecular complexity index is 578. The molecule has 2 rings (SSSR count). The molecule has 4 nitrogen and oxygen atoms in total. The van der Waals surface area contributed by atoms with Crippen LogP contribution in [0.4, 0.5) is 10.5 Å². The molecule has 1 heterocycles. The van der Waals surface area contributed by atoms with E-state index in [9.17, 15) is 4.79 Å². The van der Waals surface area contributed by atoms with Crippen molar-refractivity contribution in [1.82, 2.24) is 4.98 Å². The van der Waals surface area contributed by atoms with Gasteiger partial charge in [0.2, 0.25) is 0 Å². The van der Waals surface area contributed by atoms with Gasteiger partial charge in [-0.3, -0.25) is 5.32 Å². The van der Waals surface area contributed by atoms with E-state index in [0.717, 1.165) is 5.56 Å². The Labute approximate surface area is 123 Å². The molecule has 6 heteroatoms. The molecule has 1 amide bonds. The first-order chi connectivity index (χ1) is 9.15. The summed E-state index contributed by atoms with van der Waals surface area (Å²) >= 11 is 8.98. The summed E-state index contributed by atoms with van der Waals surface area (Å²) < 4.78 is 5.68. The van der Waals surface area contributed by atoms with Crippen LogP contribution in [0.3, 0.4) is 0 Å². The van der Waals surface area contributed by atoms with Gasteiger partial charge in [-0.2, -0.15) is 0 Å². The second-order valence-corrected chi connectivity index (χ2v) is 4.90. The fourth-order valence-electron chi connectivity index (χ4n) is 1.37. The number of carbonyl (C=O) groups is 1. The first-order valence-corrected chi connectivity index (χ1v) is 6.61. The van der Waals surface area contributed by atoms with Gasteiger partial charge in [0, 0.05) is 0 Å². The second-order valence-electron chi connectivity index (χ2n) is 3.68. The average molecular weight is 342 g/mol. The minimum absolute atomic E-state index is 0.217. The fraction of sp³-hybridized carbons (Fsp3) is 0.0769. The van der Waals surface area contributed by atoms with Gasteiger partial charge in [-0.25, -0.2) is 9.78 Å². The minimum Gasteiger partial charge on any atom is -0.444 e. The zero-order valence-corrected chi connectivity index (χ0v) is 12.1. The van der Waals surface area contributed by atoms with Crippen molar-refractivity contribution in [3.63, 3.8) is 0 Å². The molecule has 1 aromatic carbocycles. The van der Waals surface area contributed by atoms with E-state index in [1.165, 1.54) is 6.20 Å². The maximum absolute atomic E-state index is 11.6. The number of amides is 1. The Morgan fingerprint density at radius 3 is 2.79 bits per heavy atom. The Hall–Kier alpha value is -1.59. The van der Waals surface area contributed by atoms with Gasteiger partial charge in [0.15, 0.2) is 0 Å². The number of ether oxygens (including phenoxy) is 1. The van der Waals surface area contributed by atoms with Crippen LogP contribution in [-0.2, 0) is 11.3 Å². The van der Waals surface area contributed by atoms with E-state index in [4.69, 9.17) is 16.3 Å². The molecule has 98 valence electrons. The molecule has 2 aromatic rings. The molecular formula is C13H10BrClN2O2. The van der Waals surface area contributed by atoms with Crippen LogP contribution in [0.2, 0.25) is 5.15 Å². The quantitative estimate of drug-likeness (QED) is 0.849. The molecule has 0 aliphatic heterocycles. The lowest BCUT2D eigenvalue weighted by atomic mass is 10.2. The molecular weight excluding hydrogens is 332 g/mol. The highest BCUT2D eigenvalue weighted by atomic mass is 79.9. The molecule has 0 atom stereocenters.